The average Bonchev–Trinajstić information content (AvgIpc) is 1.95. The molecule has 0 saturated heterocycles. The van der Waals surface area contributed by atoms with Crippen molar-refractivity contribution >= 4 is 31.3 Å². The molecule has 0 unspecified atom stereocenters. The summed E-state index contributed by atoms with van der Waals surface area (Å²) in [7, 11) is 1.56. The van der Waals surface area contributed by atoms with Crippen molar-refractivity contribution in [2.45, 2.75) is 18.7 Å². The van der Waals surface area contributed by atoms with Gasteiger partial charge < -0.3 is 0 Å². The van der Waals surface area contributed by atoms with Gasteiger partial charge in [-0.05, 0) is 31.0 Å². The zero-order valence-corrected chi connectivity index (χ0v) is 9.46. The SMILES string of the molecule is Cc1ccc(Cl)c(C)c1S(=O)(=O)Cl. The molecule has 0 radical (unpaired) electrons. The summed E-state index contributed by atoms with van der Waals surface area (Å²) < 4.78 is 22.3. The number of hydrogen-bond acceptors (Lipinski definition) is 2. The first-order valence-electron chi connectivity index (χ1n) is 3.54. The third-order valence-electron chi connectivity index (χ3n) is 1.78. The van der Waals surface area contributed by atoms with Gasteiger partial charge in [-0.1, -0.05) is 17.7 Å². The van der Waals surface area contributed by atoms with E-state index >= 15 is 0 Å². The molecule has 0 aliphatic rings. The molecule has 0 bridgehead atoms. The summed E-state index contributed by atoms with van der Waals surface area (Å²) in [5.74, 6) is 0. The summed E-state index contributed by atoms with van der Waals surface area (Å²) in [6.07, 6.45) is 0. The number of halogens is 2. The molecule has 1 aromatic rings. The van der Waals surface area contributed by atoms with Gasteiger partial charge in [0.15, 0.2) is 0 Å². The van der Waals surface area contributed by atoms with Crippen molar-refractivity contribution in [3.63, 3.8) is 0 Å². The summed E-state index contributed by atoms with van der Waals surface area (Å²) in [4.78, 5) is 0.113. The van der Waals surface area contributed by atoms with E-state index in [1.165, 1.54) is 0 Å². The maximum Gasteiger partial charge on any atom is 0.261 e. The fourth-order valence-electron chi connectivity index (χ4n) is 1.18. The summed E-state index contributed by atoms with van der Waals surface area (Å²) >= 11 is 5.77. The molecule has 2 nitrogen and oxygen atoms in total. The van der Waals surface area contributed by atoms with Crippen LogP contribution < -0.4 is 0 Å². The lowest BCUT2D eigenvalue weighted by Crippen LogP contribution is -1.98. The lowest BCUT2D eigenvalue weighted by Gasteiger charge is -2.06. The van der Waals surface area contributed by atoms with Gasteiger partial charge in [-0.2, -0.15) is 0 Å². The van der Waals surface area contributed by atoms with Crippen molar-refractivity contribution in [3.05, 3.63) is 28.3 Å². The fourth-order valence-corrected chi connectivity index (χ4v) is 3.03. The van der Waals surface area contributed by atoms with Crippen LogP contribution in [0.25, 0.3) is 0 Å². The number of benzene rings is 1. The molecule has 0 N–H and O–H groups in total. The second kappa shape index (κ2) is 3.48. The van der Waals surface area contributed by atoms with Crippen molar-refractivity contribution in [1.29, 1.82) is 0 Å². The second-order valence-corrected chi connectivity index (χ2v) is 5.67. The predicted molar refractivity (Wildman–Crippen MR) is 54.0 cm³/mol. The van der Waals surface area contributed by atoms with Crippen molar-refractivity contribution in [1.82, 2.24) is 0 Å². The van der Waals surface area contributed by atoms with Gasteiger partial charge in [0.25, 0.3) is 9.05 Å². The zero-order valence-electron chi connectivity index (χ0n) is 7.14. The van der Waals surface area contributed by atoms with Crippen LogP contribution in [0.3, 0.4) is 0 Å². The molecule has 0 aromatic heterocycles. The van der Waals surface area contributed by atoms with Crippen LogP contribution in [0.1, 0.15) is 11.1 Å². The maximum atomic E-state index is 11.1. The van der Waals surface area contributed by atoms with Gasteiger partial charge >= 0.3 is 0 Å². The molecule has 0 amide bonds. The van der Waals surface area contributed by atoms with Gasteiger partial charge in [-0.25, -0.2) is 8.42 Å². The topological polar surface area (TPSA) is 34.1 Å². The zero-order chi connectivity index (χ0) is 10.2. The standard InChI is InChI=1S/C8H8Cl2O2S/c1-5-3-4-7(9)6(2)8(5)13(10,11)12/h3-4H,1-2H3. The van der Waals surface area contributed by atoms with Crippen molar-refractivity contribution in [2.24, 2.45) is 0 Å². The van der Waals surface area contributed by atoms with Gasteiger partial charge in [-0.3, -0.25) is 0 Å². The highest BCUT2D eigenvalue weighted by Crippen LogP contribution is 2.28. The van der Waals surface area contributed by atoms with Crippen LogP contribution in [-0.2, 0) is 9.05 Å². The van der Waals surface area contributed by atoms with Crippen LogP contribution in [0.4, 0.5) is 0 Å². The number of rotatable bonds is 1. The minimum atomic E-state index is -3.70. The highest BCUT2D eigenvalue weighted by atomic mass is 35.7. The van der Waals surface area contributed by atoms with E-state index in [4.69, 9.17) is 22.3 Å². The summed E-state index contributed by atoms with van der Waals surface area (Å²) in [6, 6.07) is 3.28. The molecule has 0 heterocycles. The molecular formula is C8H8Cl2O2S. The summed E-state index contributed by atoms with van der Waals surface area (Å²) in [5.41, 5.74) is 1.11. The Morgan fingerprint density at radius 3 is 2.15 bits per heavy atom. The highest BCUT2D eigenvalue weighted by molar-refractivity contribution is 8.13. The molecule has 5 heteroatoms. The number of hydrogen-bond donors (Lipinski definition) is 0. The van der Waals surface area contributed by atoms with Crippen LogP contribution in [0.15, 0.2) is 17.0 Å². The van der Waals surface area contributed by atoms with Gasteiger partial charge in [0.1, 0.15) is 0 Å². The molecule has 0 fully saturated rings. The molecule has 0 atom stereocenters. The molecule has 1 rings (SSSR count). The Labute approximate surface area is 86.9 Å². The first-order valence-corrected chi connectivity index (χ1v) is 6.23. The van der Waals surface area contributed by atoms with Gasteiger partial charge in [0.2, 0.25) is 0 Å². The van der Waals surface area contributed by atoms with Crippen molar-refractivity contribution in [3.8, 4) is 0 Å². The van der Waals surface area contributed by atoms with Gasteiger partial charge in [0.05, 0.1) is 4.90 Å². The molecule has 0 saturated carbocycles. The van der Waals surface area contributed by atoms with E-state index in [2.05, 4.69) is 0 Å². The molecule has 13 heavy (non-hydrogen) atoms. The number of aryl methyl sites for hydroxylation is 1. The molecule has 1 aromatic carbocycles. The average molecular weight is 239 g/mol. The van der Waals surface area contributed by atoms with E-state index in [1.807, 2.05) is 0 Å². The molecule has 72 valence electrons. The van der Waals surface area contributed by atoms with Crippen molar-refractivity contribution < 1.29 is 8.42 Å². The predicted octanol–water partition coefficient (Wildman–Crippen LogP) is 2.88. The first kappa shape index (κ1) is 10.8. The third-order valence-corrected chi connectivity index (χ3v) is 3.77. The second-order valence-electron chi connectivity index (χ2n) is 2.76. The monoisotopic (exact) mass is 238 g/mol. The Kier molecular flexibility index (Phi) is 2.90. The molecule has 0 spiro atoms. The molecule has 0 aliphatic heterocycles. The van der Waals surface area contributed by atoms with E-state index in [1.54, 1.807) is 26.0 Å². The van der Waals surface area contributed by atoms with Gasteiger partial charge in [-0.15, -0.1) is 0 Å². The fraction of sp³-hybridized carbons (Fsp3) is 0.250. The van der Waals surface area contributed by atoms with E-state index in [9.17, 15) is 8.42 Å². The Morgan fingerprint density at radius 1 is 1.23 bits per heavy atom. The van der Waals surface area contributed by atoms with Crippen LogP contribution in [-0.4, -0.2) is 8.42 Å². The van der Waals surface area contributed by atoms with Crippen LogP contribution in [0.2, 0.25) is 5.02 Å². The summed E-state index contributed by atoms with van der Waals surface area (Å²) in [5, 5.41) is 0.407. The van der Waals surface area contributed by atoms with Crippen LogP contribution >= 0.6 is 22.3 Å². The minimum absolute atomic E-state index is 0.113. The van der Waals surface area contributed by atoms with Crippen LogP contribution in [0.5, 0.6) is 0 Å². The quantitative estimate of drug-likeness (QED) is 0.706. The normalized spacial score (nSPS) is 11.7. The van der Waals surface area contributed by atoms with Gasteiger partial charge in [0, 0.05) is 15.7 Å². The Morgan fingerprint density at radius 2 is 1.77 bits per heavy atom. The Hall–Kier alpha value is -0.250. The van der Waals surface area contributed by atoms with E-state index < -0.39 is 9.05 Å². The highest BCUT2D eigenvalue weighted by Gasteiger charge is 2.17. The van der Waals surface area contributed by atoms with E-state index in [0.717, 1.165) is 0 Å². The largest absolute Gasteiger partial charge is 0.261 e. The minimum Gasteiger partial charge on any atom is -0.207 e. The maximum absolute atomic E-state index is 11.1. The third kappa shape index (κ3) is 2.16. The molecular weight excluding hydrogens is 231 g/mol. The first-order chi connectivity index (χ1) is 5.84. The lowest BCUT2D eigenvalue weighted by molar-refractivity contribution is 0.608. The smallest absolute Gasteiger partial charge is 0.207 e. The lowest BCUT2D eigenvalue weighted by atomic mass is 10.1. The summed E-state index contributed by atoms with van der Waals surface area (Å²) in [6.45, 7) is 3.31. The van der Waals surface area contributed by atoms with Crippen LogP contribution in [0, 0.1) is 13.8 Å². The van der Waals surface area contributed by atoms with E-state index in [0.29, 0.717) is 16.1 Å². The Bertz CT molecular complexity index is 438. The molecule has 0 aliphatic carbocycles. The van der Waals surface area contributed by atoms with E-state index in [-0.39, 0.29) is 4.90 Å². The Balaban J connectivity index is 3.62. The van der Waals surface area contributed by atoms with Crippen molar-refractivity contribution in [2.75, 3.05) is 0 Å².